The highest BCUT2D eigenvalue weighted by Gasteiger charge is 2.04. The summed E-state index contributed by atoms with van der Waals surface area (Å²) in [6, 6.07) is 16.2. The number of para-hydroxylation sites is 2. The van der Waals surface area contributed by atoms with Gasteiger partial charge in [0.1, 0.15) is 18.1 Å². The summed E-state index contributed by atoms with van der Waals surface area (Å²) in [7, 11) is 0. The first-order valence-electron chi connectivity index (χ1n) is 9.02. The molecule has 0 aromatic heterocycles. The van der Waals surface area contributed by atoms with Crippen LogP contribution in [0.25, 0.3) is 0 Å². The van der Waals surface area contributed by atoms with Crippen molar-refractivity contribution >= 4 is 5.69 Å². The molecule has 136 valence electrons. The smallest absolute Gasteiger partial charge is 0.142 e. The van der Waals surface area contributed by atoms with E-state index >= 15 is 0 Å². The number of nitrogens with one attached hydrogen (secondary N) is 1. The van der Waals surface area contributed by atoms with Crippen molar-refractivity contribution in [2.75, 3.05) is 25.1 Å². The number of ether oxygens (including phenoxy) is 3. The summed E-state index contributed by atoms with van der Waals surface area (Å²) in [6.07, 6.45) is 1.24. The summed E-state index contributed by atoms with van der Waals surface area (Å²) in [6.45, 7) is 8.77. The molecule has 0 aliphatic rings. The quantitative estimate of drug-likeness (QED) is 0.590. The minimum Gasteiger partial charge on any atom is -0.491 e. The zero-order chi connectivity index (χ0) is 17.9. The molecule has 0 amide bonds. The summed E-state index contributed by atoms with van der Waals surface area (Å²) in [5, 5.41) is 3.44. The van der Waals surface area contributed by atoms with Crippen LogP contribution in [0.1, 0.15) is 32.8 Å². The number of hydrogen-bond acceptors (Lipinski definition) is 4. The van der Waals surface area contributed by atoms with E-state index in [0.29, 0.717) is 19.8 Å². The fourth-order valence-corrected chi connectivity index (χ4v) is 2.29. The van der Waals surface area contributed by atoms with E-state index in [1.54, 1.807) is 0 Å². The van der Waals surface area contributed by atoms with Gasteiger partial charge in [-0.05, 0) is 50.1 Å². The van der Waals surface area contributed by atoms with Crippen molar-refractivity contribution in [3.63, 3.8) is 0 Å². The topological polar surface area (TPSA) is 39.7 Å². The molecule has 0 spiro atoms. The number of anilines is 1. The van der Waals surface area contributed by atoms with Gasteiger partial charge in [-0.1, -0.05) is 31.2 Å². The third kappa shape index (κ3) is 6.67. The van der Waals surface area contributed by atoms with E-state index in [2.05, 4.69) is 31.3 Å². The van der Waals surface area contributed by atoms with Gasteiger partial charge in [-0.25, -0.2) is 0 Å². The molecule has 2 aromatic rings. The van der Waals surface area contributed by atoms with Gasteiger partial charge in [-0.15, -0.1) is 0 Å². The molecule has 0 heterocycles. The second kappa shape index (κ2) is 10.6. The van der Waals surface area contributed by atoms with Crippen LogP contribution >= 0.6 is 0 Å². The normalized spacial score (nSPS) is 11.8. The Bertz CT molecular complexity index is 613. The number of hydrogen-bond donors (Lipinski definition) is 1. The van der Waals surface area contributed by atoms with Crippen molar-refractivity contribution in [2.24, 2.45) is 0 Å². The van der Waals surface area contributed by atoms with Gasteiger partial charge >= 0.3 is 0 Å². The van der Waals surface area contributed by atoms with Gasteiger partial charge in [0.05, 0.1) is 18.4 Å². The molecule has 0 aliphatic carbocycles. The summed E-state index contributed by atoms with van der Waals surface area (Å²) in [5.41, 5.74) is 2.18. The summed E-state index contributed by atoms with van der Waals surface area (Å²) in [4.78, 5) is 0. The van der Waals surface area contributed by atoms with Crippen LogP contribution < -0.4 is 14.8 Å². The third-order valence-corrected chi connectivity index (χ3v) is 3.89. The molecule has 1 atom stereocenters. The molecule has 2 rings (SSSR count). The van der Waals surface area contributed by atoms with Crippen LogP contribution in [0.3, 0.4) is 0 Å². The number of benzene rings is 2. The van der Waals surface area contributed by atoms with E-state index in [0.717, 1.165) is 30.2 Å². The molecule has 0 fully saturated rings. The Hall–Kier alpha value is -2.20. The fraction of sp³-hybridized carbons (Fsp3) is 0.429. The largest absolute Gasteiger partial charge is 0.491 e. The minimum atomic E-state index is 0.240. The Morgan fingerprint density at radius 1 is 0.960 bits per heavy atom. The van der Waals surface area contributed by atoms with Gasteiger partial charge in [0.25, 0.3) is 0 Å². The second-order valence-electron chi connectivity index (χ2n) is 5.88. The first-order chi connectivity index (χ1) is 12.2. The molecule has 1 unspecified atom stereocenters. The van der Waals surface area contributed by atoms with Crippen LogP contribution in [-0.4, -0.2) is 25.9 Å². The van der Waals surface area contributed by atoms with Crippen molar-refractivity contribution in [2.45, 2.75) is 39.8 Å². The van der Waals surface area contributed by atoms with Gasteiger partial charge in [-0.2, -0.15) is 0 Å². The van der Waals surface area contributed by atoms with Crippen LogP contribution in [0, 0.1) is 0 Å². The minimum absolute atomic E-state index is 0.240. The van der Waals surface area contributed by atoms with Gasteiger partial charge in [0, 0.05) is 13.2 Å². The van der Waals surface area contributed by atoms with E-state index in [1.807, 2.05) is 43.3 Å². The highest BCUT2D eigenvalue weighted by Crippen LogP contribution is 2.24. The van der Waals surface area contributed by atoms with Crippen molar-refractivity contribution in [1.29, 1.82) is 0 Å². The maximum Gasteiger partial charge on any atom is 0.142 e. The zero-order valence-electron chi connectivity index (χ0n) is 15.5. The van der Waals surface area contributed by atoms with Gasteiger partial charge in [-0.3, -0.25) is 0 Å². The van der Waals surface area contributed by atoms with Gasteiger partial charge < -0.3 is 19.5 Å². The lowest BCUT2D eigenvalue weighted by Crippen LogP contribution is -2.10. The Morgan fingerprint density at radius 2 is 1.72 bits per heavy atom. The molecule has 4 heteroatoms. The van der Waals surface area contributed by atoms with Crippen molar-refractivity contribution < 1.29 is 14.2 Å². The van der Waals surface area contributed by atoms with Crippen LogP contribution in [0.15, 0.2) is 48.5 Å². The standard InChI is InChI=1S/C21H29NO3/c1-4-17(3)25-19-12-10-18(11-13-19)16-22-20-8-6-7-9-21(20)24-15-14-23-5-2/h6-13,17,22H,4-5,14-16H2,1-3H3. The van der Waals surface area contributed by atoms with Crippen molar-refractivity contribution in [3.8, 4) is 11.5 Å². The predicted octanol–water partition coefficient (Wildman–Crippen LogP) is 4.89. The van der Waals surface area contributed by atoms with Crippen molar-refractivity contribution in [1.82, 2.24) is 0 Å². The van der Waals surface area contributed by atoms with Crippen LogP contribution in [0.4, 0.5) is 5.69 Å². The van der Waals surface area contributed by atoms with E-state index in [9.17, 15) is 0 Å². The maximum absolute atomic E-state index is 5.81. The molecular weight excluding hydrogens is 314 g/mol. The highest BCUT2D eigenvalue weighted by molar-refractivity contribution is 5.56. The fourth-order valence-electron chi connectivity index (χ4n) is 2.29. The first kappa shape index (κ1) is 19.1. The summed E-state index contributed by atoms with van der Waals surface area (Å²) < 4.78 is 16.9. The summed E-state index contributed by atoms with van der Waals surface area (Å²) in [5.74, 6) is 1.76. The maximum atomic E-state index is 5.81. The number of rotatable bonds is 11. The first-order valence-corrected chi connectivity index (χ1v) is 9.02. The molecule has 25 heavy (non-hydrogen) atoms. The van der Waals surface area contributed by atoms with Crippen LogP contribution in [0.2, 0.25) is 0 Å². The molecule has 0 saturated carbocycles. The second-order valence-corrected chi connectivity index (χ2v) is 5.88. The molecule has 0 saturated heterocycles. The molecule has 4 nitrogen and oxygen atoms in total. The van der Waals surface area contributed by atoms with Crippen LogP contribution in [-0.2, 0) is 11.3 Å². The molecule has 2 aromatic carbocycles. The lowest BCUT2D eigenvalue weighted by Gasteiger charge is -2.14. The van der Waals surface area contributed by atoms with E-state index in [4.69, 9.17) is 14.2 Å². The lowest BCUT2D eigenvalue weighted by atomic mass is 10.2. The Kier molecular flexibility index (Phi) is 8.13. The summed E-state index contributed by atoms with van der Waals surface area (Å²) >= 11 is 0. The van der Waals surface area contributed by atoms with Gasteiger partial charge in [0.2, 0.25) is 0 Å². The van der Waals surface area contributed by atoms with Crippen LogP contribution in [0.5, 0.6) is 11.5 Å². The highest BCUT2D eigenvalue weighted by atomic mass is 16.5. The van der Waals surface area contributed by atoms with E-state index in [1.165, 1.54) is 5.56 Å². The lowest BCUT2D eigenvalue weighted by molar-refractivity contribution is 0.110. The third-order valence-electron chi connectivity index (χ3n) is 3.89. The zero-order valence-corrected chi connectivity index (χ0v) is 15.5. The molecule has 0 radical (unpaired) electrons. The molecule has 1 N–H and O–H groups in total. The Labute approximate surface area is 151 Å². The Balaban J connectivity index is 1.88. The van der Waals surface area contributed by atoms with E-state index < -0.39 is 0 Å². The average molecular weight is 343 g/mol. The average Bonchev–Trinajstić information content (AvgIpc) is 2.65. The Morgan fingerprint density at radius 3 is 2.44 bits per heavy atom. The van der Waals surface area contributed by atoms with Crippen molar-refractivity contribution in [3.05, 3.63) is 54.1 Å². The molecular formula is C21H29NO3. The van der Waals surface area contributed by atoms with E-state index in [-0.39, 0.29) is 6.10 Å². The molecule has 0 bridgehead atoms. The predicted molar refractivity (Wildman–Crippen MR) is 103 cm³/mol. The van der Waals surface area contributed by atoms with Gasteiger partial charge in [0.15, 0.2) is 0 Å². The molecule has 0 aliphatic heterocycles. The SMILES string of the molecule is CCOCCOc1ccccc1NCc1ccc(OC(C)CC)cc1. The monoisotopic (exact) mass is 343 g/mol.